The fourth-order valence-corrected chi connectivity index (χ4v) is 6.66. The third kappa shape index (κ3) is 2.27. The Morgan fingerprint density at radius 3 is 2.83 bits per heavy atom. The molecule has 1 aromatic heterocycles. The van der Waals surface area contributed by atoms with Gasteiger partial charge in [-0.05, 0) is 46.6 Å². The van der Waals surface area contributed by atoms with Gasteiger partial charge < -0.3 is 5.32 Å². The Bertz CT molecular complexity index is 543. The van der Waals surface area contributed by atoms with Crippen molar-refractivity contribution in [1.29, 1.82) is 0 Å². The maximum atomic E-state index is 12.6. The van der Waals surface area contributed by atoms with Crippen LogP contribution in [0.2, 0.25) is 0 Å². The number of thiophene rings is 1. The zero-order valence-electron chi connectivity index (χ0n) is 9.80. The second-order valence-corrected chi connectivity index (χ2v) is 8.75. The van der Waals surface area contributed by atoms with E-state index >= 15 is 0 Å². The van der Waals surface area contributed by atoms with Gasteiger partial charge in [0.05, 0.1) is 0 Å². The van der Waals surface area contributed by atoms with Gasteiger partial charge in [-0.15, -0.1) is 11.3 Å². The van der Waals surface area contributed by atoms with Gasteiger partial charge in [-0.3, -0.25) is 0 Å². The highest BCUT2D eigenvalue weighted by Gasteiger charge is 2.36. The molecule has 1 N–H and O–H groups in total. The summed E-state index contributed by atoms with van der Waals surface area (Å²) in [6.45, 7) is 1.23. The number of fused-ring (bicyclic) bond motifs is 2. The van der Waals surface area contributed by atoms with Crippen LogP contribution in [-0.2, 0) is 10.0 Å². The van der Waals surface area contributed by atoms with Crippen molar-refractivity contribution in [2.24, 2.45) is 0 Å². The van der Waals surface area contributed by atoms with Crippen LogP contribution >= 0.6 is 27.3 Å². The van der Waals surface area contributed by atoms with Crippen LogP contribution in [0.5, 0.6) is 0 Å². The Morgan fingerprint density at radius 1 is 1.33 bits per heavy atom. The molecule has 2 aliphatic heterocycles. The third-order valence-corrected chi connectivity index (χ3v) is 8.16. The minimum absolute atomic E-state index is 0.325. The molecule has 2 bridgehead atoms. The van der Waals surface area contributed by atoms with Crippen molar-refractivity contribution in [2.45, 2.75) is 35.6 Å². The SMILES string of the molecule is O=S(=O)(c1sccc1Br)N1CCC2CCC(C1)N2. The lowest BCUT2D eigenvalue weighted by atomic mass is 10.1. The van der Waals surface area contributed by atoms with E-state index in [1.54, 1.807) is 15.8 Å². The van der Waals surface area contributed by atoms with E-state index in [1.807, 2.05) is 0 Å². The van der Waals surface area contributed by atoms with Crippen LogP contribution in [0.4, 0.5) is 0 Å². The Labute approximate surface area is 120 Å². The van der Waals surface area contributed by atoms with Gasteiger partial charge in [0.25, 0.3) is 10.0 Å². The first-order valence-corrected chi connectivity index (χ1v) is 9.18. The summed E-state index contributed by atoms with van der Waals surface area (Å²) in [6.07, 6.45) is 3.18. The number of halogens is 1. The number of nitrogens with one attached hydrogen (secondary N) is 1. The molecule has 2 aliphatic rings. The van der Waals surface area contributed by atoms with Crippen LogP contribution in [0.1, 0.15) is 19.3 Å². The van der Waals surface area contributed by atoms with E-state index < -0.39 is 10.0 Å². The highest BCUT2D eigenvalue weighted by Crippen LogP contribution is 2.32. The summed E-state index contributed by atoms with van der Waals surface area (Å²) in [6, 6.07) is 2.62. The van der Waals surface area contributed by atoms with Gasteiger partial charge in [0, 0.05) is 29.6 Å². The molecule has 3 rings (SSSR count). The molecule has 0 aliphatic carbocycles. The fourth-order valence-electron chi connectivity index (χ4n) is 2.71. The van der Waals surface area contributed by atoms with Crippen molar-refractivity contribution in [2.75, 3.05) is 13.1 Å². The van der Waals surface area contributed by atoms with Crippen molar-refractivity contribution >= 4 is 37.3 Å². The number of hydrogen-bond donors (Lipinski definition) is 1. The van der Waals surface area contributed by atoms with Crippen LogP contribution < -0.4 is 5.32 Å². The minimum Gasteiger partial charge on any atom is -0.310 e. The molecule has 2 fully saturated rings. The second kappa shape index (κ2) is 4.86. The number of rotatable bonds is 2. The Kier molecular flexibility index (Phi) is 3.53. The average Bonchev–Trinajstić information content (AvgIpc) is 2.84. The standard InChI is InChI=1S/C11H15BrN2O2S2/c12-10-4-6-17-11(10)18(15,16)14-5-3-8-1-2-9(7-14)13-8/h4,6,8-9,13H,1-3,5,7H2. The van der Waals surface area contributed by atoms with E-state index in [0.29, 0.717) is 33.9 Å². The molecule has 100 valence electrons. The largest absolute Gasteiger partial charge is 0.310 e. The molecule has 0 aromatic carbocycles. The van der Waals surface area contributed by atoms with E-state index in [4.69, 9.17) is 0 Å². The summed E-state index contributed by atoms with van der Waals surface area (Å²) in [5.74, 6) is 0. The summed E-state index contributed by atoms with van der Waals surface area (Å²) >= 11 is 4.60. The zero-order valence-corrected chi connectivity index (χ0v) is 13.0. The first-order chi connectivity index (χ1) is 8.57. The third-order valence-electron chi connectivity index (χ3n) is 3.64. The molecule has 0 saturated carbocycles. The van der Waals surface area contributed by atoms with Gasteiger partial charge in [0.2, 0.25) is 0 Å². The number of hydrogen-bond acceptors (Lipinski definition) is 4. The van der Waals surface area contributed by atoms with Crippen molar-refractivity contribution in [1.82, 2.24) is 9.62 Å². The van der Waals surface area contributed by atoms with Gasteiger partial charge >= 0.3 is 0 Å². The van der Waals surface area contributed by atoms with E-state index in [1.165, 1.54) is 17.8 Å². The van der Waals surface area contributed by atoms with E-state index in [9.17, 15) is 8.42 Å². The summed E-state index contributed by atoms with van der Waals surface area (Å²) in [7, 11) is -3.33. The van der Waals surface area contributed by atoms with Gasteiger partial charge in [-0.25, -0.2) is 8.42 Å². The molecule has 0 radical (unpaired) electrons. The number of sulfonamides is 1. The lowest BCUT2D eigenvalue weighted by Gasteiger charge is -2.23. The molecular weight excluding hydrogens is 336 g/mol. The summed E-state index contributed by atoms with van der Waals surface area (Å²) in [4.78, 5) is 0. The van der Waals surface area contributed by atoms with Crippen molar-refractivity contribution in [3.05, 3.63) is 15.9 Å². The van der Waals surface area contributed by atoms with Crippen molar-refractivity contribution in [3.8, 4) is 0 Å². The smallest absolute Gasteiger partial charge is 0.253 e. The number of nitrogens with zero attached hydrogens (tertiary/aromatic N) is 1. The topological polar surface area (TPSA) is 49.4 Å². The van der Waals surface area contributed by atoms with Gasteiger partial charge in [0.15, 0.2) is 0 Å². The highest BCUT2D eigenvalue weighted by molar-refractivity contribution is 9.10. The van der Waals surface area contributed by atoms with Crippen LogP contribution in [0, 0.1) is 0 Å². The molecular formula is C11H15BrN2O2S2. The zero-order chi connectivity index (χ0) is 12.8. The average molecular weight is 351 g/mol. The first kappa shape index (κ1) is 13.1. The van der Waals surface area contributed by atoms with Crippen LogP contribution in [-0.4, -0.2) is 37.9 Å². The predicted molar refractivity (Wildman–Crippen MR) is 75.3 cm³/mol. The lowest BCUT2D eigenvalue weighted by molar-refractivity contribution is 0.384. The van der Waals surface area contributed by atoms with Crippen LogP contribution in [0.15, 0.2) is 20.1 Å². The molecule has 2 unspecified atom stereocenters. The quantitative estimate of drug-likeness (QED) is 0.887. The summed E-state index contributed by atoms with van der Waals surface area (Å²) in [5, 5.41) is 5.31. The molecule has 18 heavy (non-hydrogen) atoms. The Hall–Kier alpha value is 0.0500. The minimum atomic E-state index is -3.33. The fraction of sp³-hybridized carbons (Fsp3) is 0.636. The van der Waals surface area contributed by atoms with Crippen molar-refractivity contribution in [3.63, 3.8) is 0 Å². The van der Waals surface area contributed by atoms with E-state index in [2.05, 4.69) is 21.2 Å². The van der Waals surface area contributed by atoms with E-state index in [0.717, 1.165) is 12.8 Å². The summed E-state index contributed by atoms with van der Waals surface area (Å²) < 4.78 is 27.9. The molecule has 7 heteroatoms. The van der Waals surface area contributed by atoms with Crippen LogP contribution in [0.3, 0.4) is 0 Å². The second-order valence-electron chi connectivity index (χ2n) is 4.85. The molecule has 1 aromatic rings. The lowest BCUT2D eigenvalue weighted by Crippen LogP contribution is -2.38. The molecule has 2 saturated heterocycles. The molecule has 0 spiro atoms. The Morgan fingerprint density at radius 2 is 2.11 bits per heavy atom. The van der Waals surface area contributed by atoms with Crippen LogP contribution in [0.25, 0.3) is 0 Å². The van der Waals surface area contributed by atoms with Gasteiger partial charge in [0.1, 0.15) is 4.21 Å². The van der Waals surface area contributed by atoms with Gasteiger partial charge in [-0.2, -0.15) is 4.31 Å². The van der Waals surface area contributed by atoms with Gasteiger partial charge in [-0.1, -0.05) is 0 Å². The normalized spacial score (nSPS) is 29.4. The van der Waals surface area contributed by atoms with Crippen molar-refractivity contribution < 1.29 is 8.42 Å². The Balaban J connectivity index is 1.88. The summed E-state index contributed by atoms with van der Waals surface area (Å²) in [5.41, 5.74) is 0. The molecule has 2 atom stereocenters. The maximum absolute atomic E-state index is 12.6. The molecule has 0 amide bonds. The maximum Gasteiger partial charge on any atom is 0.253 e. The monoisotopic (exact) mass is 350 g/mol. The molecule has 3 heterocycles. The first-order valence-electron chi connectivity index (χ1n) is 6.06. The molecule has 4 nitrogen and oxygen atoms in total. The predicted octanol–water partition coefficient (Wildman–Crippen LogP) is 2.03. The van der Waals surface area contributed by atoms with E-state index in [-0.39, 0.29) is 0 Å². The highest BCUT2D eigenvalue weighted by atomic mass is 79.9.